The number of allylic oxidation sites excluding steroid dienone is 2. The fourth-order valence-corrected chi connectivity index (χ4v) is 5.32. The van der Waals surface area contributed by atoms with Crippen LogP contribution in [0.4, 0.5) is 0 Å². The van der Waals surface area contributed by atoms with Crippen molar-refractivity contribution in [3.8, 4) is 0 Å². The maximum Gasteiger partial charge on any atom is 0.309 e. The van der Waals surface area contributed by atoms with Crippen molar-refractivity contribution in [1.29, 1.82) is 0 Å². The molecule has 0 aromatic heterocycles. The number of aliphatic hydroxyl groups is 1. The SMILES string of the molecule is O=C1N[C@H](Cc2ccccc2)COC(=O)[C@H](Cc2ccccc2)CC=CC[C@@H]1CC(=O)N1CCC[C@H]1CO. The first-order valence-corrected chi connectivity index (χ1v) is 13.6. The molecule has 0 saturated carbocycles. The van der Waals surface area contributed by atoms with Crippen LogP contribution in [-0.2, 0) is 32.0 Å². The zero-order valence-electron chi connectivity index (χ0n) is 21.8. The van der Waals surface area contributed by atoms with E-state index in [1.54, 1.807) is 4.90 Å². The van der Waals surface area contributed by atoms with E-state index in [1.165, 1.54) is 0 Å². The summed E-state index contributed by atoms with van der Waals surface area (Å²) >= 11 is 0. The zero-order chi connectivity index (χ0) is 26.7. The lowest BCUT2D eigenvalue weighted by Crippen LogP contribution is -2.45. The van der Waals surface area contributed by atoms with E-state index in [-0.39, 0.29) is 49.4 Å². The van der Waals surface area contributed by atoms with E-state index < -0.39 is 12.0 Å². The number of carbonyl (C=O) groups excluding carboxylic acids is 3. The van der Waals surface area contributed by atoms with Crippen LogP contribution in [0.1, 0.15) is 43.2 Å². The van der Waals surface area contributed by atoms with Gasteiger partial charge in [0.2, 0.25) is 11.8 Å². The summed E-state index contributed by atoms with van der Waals surface area (Å²) in [4.78, 5) is 41.3. The van der Waals surface area contributed by atoms with Crippen LogP contribution in [0.25, 0.3) is 0 Å². The number of likely N-dealkylation sites (tertiary alicyclic amines) is 1. The molecule has 0 bridgehead atoms. The summed E-state index contributed by atoms with van der Waals surface area (Å²) < 4.78 is 5.77. The first kappa shape index (κ1) is 27.6. The van der Waals surface area contributed by atoms with Gasteiger partial charge in [0, 0.05) is 13.0 Å². The van der Waals surface area contributed by atoms with Crippen molar-refractivity contribution in [2.45, 2.75) is 57.0 Å². The van der Waals surface area contributed by atoms with E-state index in [4.69, 9.17) is 4.74 Å². The van der Waals surface area contributed by atoms with E-state index >= 15 is 0 Å². The predicted molar refractivity (Wildman–Crippen MR) is 145 cm³/mol. The Morgan fingerprint density at radius 1 is 0.921 bits per heavy atom. The summed E-state index contributed by atoms with van der Waals surface area (Å²) in [6, 6.07) is 19.1. The molecular formula is C31H38N2O5. The van der Waals surface area contributed by atoms with Gasteiger partial charge in [0.1, 0.15) is 6.61 Å². The van der Waals surface area contributed by atoms with Crippen molar-refractivity contribution < 1.29 is 24.2 Å². The topological polar surface area (TPSA) is 95.9 Å². The summed E-state index contributed by atoms with van der Waals surface area (Å²) in [6.07, 6.45) is 7.54. The minimum atomic E-state index is -0.542. The number of esters is 1. The van der Waals surface area contributed by atoms with Crippen LogP contribution in [0.5, 0.6) is 0 Å². The molecule has 2 heterocycles. The van der Waals surface area contributed by atoms with E-state index in [9.17, 15) is 19.5 Å². The predicted octanol–water partition coefficient (Wildman–Crippen LogP) is 3.46. The van der Waals surface area contributed by atoms with Gasteiger partial charge in [-0.05, 0) is 49.7 Å². The van der Waals surface area contributed by atoms with Crippen LogP contribution >= 0.6 is 0 Å². The Morgan fingerprint density at radius 2 is 1.55 bits per heavy atom. The van der Waals surface area contributed by atoms with Gasteiger partial charge in [-0.1, -0.05) is 72.8 Å². The van der Waals surface area contributed by atoms with Crippen LogP contribution in [0.3, 0.4) is 0 Å². The standard InChI is InChI=1S/C31H38N2O5/c34-21-28-16-9-17-33(28)29(35)20-25-14-7-8-15-26(18-23-10-3-1-4-11-23)31(37)38-22-27(32-30(25)36)19-24-12-5-2-6-13-24/h1-8,10-13,25-28,34H,9,14-22H2,(H,32,36)/t25-,26+,27-,28+/m1/s1. The molecule has 0 unspecified atom stereocenters. The molecule has 4 atom stereocenters. The third kappa shape index (κ3) is 7.78. The highest BCUT2D eigenvalue weighted by Gasteiger charge is 2.32. The molecular weight excluding hydrogens is 480 g/mol. The summed E-state index contributed by atoms with van der Waals surface area (Å²) in [7, 11) is 0. The van der Waals surface area contributed by atoms with Crippen LogP contribution in [0, 0.1) is 11.8 Å². The Hall–Kier alpha value is -3.45. The maximum atomic E-state index is 13.4. The molecule has 2 amide bonds. The van der Waals surface area contributed by atoms with Crippen LogP contribution in [0.2, 0.25) is 0 Å². The number of nitrogens with one attached hydrogen (secondary N) is 1. The van der Waals surface area contributed by atoms with Gasteiger partial charge in [0.25, 0.3) is 0 Å². The average molecular weight is 519 g/mol. The summed E-state index contributed by atoms with van der Waals surface area (Å²) in [5.74, 6) is -1.48. The Kier molecular flexibility index (Phi) is 10.1. The van der Waals surface area contributed by atoms with E-state index in [1.807, 2.05) is 72.8 Å². The maximum absolute atomic E-state index is 13.4. The van der Waals surface area contributed by atoms with Crippen molar-refractivity contribution in [3.63, 3.8) is 0 Å². The average Bonchev–Trinajstić information content (AvgIpc) is 3.42. The fraction of sp³-hybridized carbons (Fsp3) is 0.452. The number of hydrogen-bond donors (Lipinski definition) is 2. The van der Waals surface area contributed by atoms with Gasteiger partial charge in [-0.3, -0.25) is 14.4 Å². The molecule has 7 nitrogen and oxygen atoms in total. The van der Waals surface area contributed by atoms with Gasteiger partial charge in [-0.25, -0.2) is 0 Å². The van der Waals surface area contributed by atoms with E-state index in [2.05, 4.69) is 5.32 Å². The largest absolute Gasteiger partial charge is 0.463 e. The third-order valence-electron chi connectivity index (χ3n) is 7.46. The highest BCUT2D eigenvalue weighted by molar-refractivity contribution is 5.86. The van der Waals surface area contributed by atoms with Crippen LogP contribution in [0.15, 0.2) is 72.8 Å². The molecule has 202 valence electrons. The van der Waals surface area contributed by atoms with Gasteiger partial charge in [-0.15, -0.1) is 0 Å². The lowest BCUT2D eigenvalue weighted by atomic mass is 9.94. The minimum Gasteiger partial charge on any atom is -0.463 e. The molecule has 2 aliphatic heterocycles. The third-order valence-corrected chi connectivity index (χ3v) is 7.46. The Balaban J connectivity index is 1.52. The molecule has 0 aliphatic carbocycles. The second-order valence-electron chi connectivity index (χ2n) is 10.3. The van der Waals surface area contributed by atoms with Gasteiger partial charge < -0.3 is 20.1 Å². The smallest absolute Gasteiger partial charge is 0.309 e. The molecule has 2 N–H and O–H groups in total. The summed E-state index contributed by atoms with van der Waals surface area (Å²) in [5, 5.41) is 12.7. The first-order chi connectivity index (χ1) is 18.5. The van der Waals surface area contributed by atoms with Crippen LogP contribution < -0.4 is 5.32 Å². The molecule has 1 fully saturated rings. The monoisotopic (exact) mass is 518 g/mol. The van der Waals surface area contributed by atoms with Gasteiger partial charge in [0.05, 0.1) is 30.5 Å². The number of hydrogen-bond acceptors (Lipinski definition) is 5. The zero-order valence-corrected chi connectivity index (χ0v) is 21.8. The molecule has 2 aromatic carbocycles. The molecule has 0 spiro atoms. The lowest BCUT2D eigenvalue weighted by Gasteiger charge is -2.27. The number of ether oxygens (including phenoxy) is 1. The molecule has 7 heteroatoms. The molecule has 2 aliphatic rings. The van der Waals surface area contributed by atoms with Crippen molar-refractivity contribution in [2.75, 3.05) is 19.8 Å². The van der Waals surface area contributed by atoms with Gasteiger partial charge >= 0.3 is 5.97 Å². The van der Waals surface area contributed by atoms with Crippen molar-refractivity contribution in [2.24, 2.45) is 11.8 Å². The lowest BCUT2D eigenvalue weighted by molar-refractivity contribution is -0.150. The first-order valence-electron chi connectivity index (χ1n) is 13.6. The number of nitrogens with zero attached hydrogens (tertiary/aromatic N) is 1. The number of rotatable bonds is 7. The molecule has 2 aromatic rings. The van der Waals surface area contributed by atoms with Crippen LogP contribution in [-0.4, -0.2) is 59.6 Å². The van der Waals surface area contributed by atoms with Gasteiger partial charge in [0.15, 0.2) is 0 Å². The quantitative estimate of drug-likeness (QED) is 0.432. The summed E-state index contributed by atoms with van der Waals surface area (Å²) in [5.41, 5.74) is 2.09. The number of amides is 2. The molecule has 38 heavy (non-hydrogen) atoms. The molecule has 0 radical (unpaired) electrons. The van der Waals surface area contributed by atoms with Crippen molar-refractivity contribution >= 4 is 17.8 Å². The van der Waals surface area contributed by atoms with Crippen molar-refractivity contribution in [3.05, 3.63) is 83.9 Å². The number of aliphatic hydroxyl groups excluding tert-OH is 1. The fourth-order valence-electron chi connectivity index (χ4n) is 5.32. The second-order valence-corrected chi connectivity index (χ2v) is 10.3. The minimum absolute atomic E-state index is 0.0597. The number of cyclic esters (lactones) is 1. The Bertz CT molecular complexity index is 1090. The highest BCUT2D eigenvalue weighted by Crippen LogP contribution is 2.22. The second kappa shape index (κ2) is 13.9. The van der Waals surface area contributed by atoms with E-state index in [0.717, 1.165) is 24.0 Å². The number of benzene rings is 2. The molecule has 4 rings (SSSR count). The Labute approximate surface area is 224 Å². The summed E-state index contributed by atoms with van der Waals surface area (Å²) in [6.45, 7) is 0.617. The van der Waals surface area contributed by atoms with Gasteiger partial charge in [-0.2, -0.15) is 0 Å². The van der Waals surface area contributed by atoms with E-state index in [0.29, 0.717) is 32.2 Å². The van der Waals surface area contributed by atoms with Crippen molar-refractivity contribution in [1.82, 2.24) is 10.2 Å². The highest BCUT2D eigenvalue weighted by atomic mass is 16.5. The number of carbonyl (C=O) groups is 3. The normalized spacial score (nSPS) is 24.7. The molecule has 1 saturated heterocycles. The Morgan fingerprint density at radius 3 is 2.21 bits per heavy atom.